The van der Waals surface area contributed by atoms with Crippen LogP contribution in [0.15, 0.2) is 22.8 Å². The van der Waals surface area contributed by atoms with Gasteiger partial charge in [0.15, 0.2) is 0 Å². The van der Waals surface area contributed by atoms with E-state index in [9.17, 15) is 9.59 Å². The molecule has 1 saturated carbocycles. The van der Waals surface area contributed by atoms with Crippen molar-refractivity contribution in [3.8, 4) is 0 Å². The predicted molar refractivity (Wildman–Crippen MR) is 99.3 cm³/mol. The Labute approximate surface area is 151 Å². The van der Waals surface area contributed by atoms with E-state index in [1.165, 1.54) is 0 Å². The van der Waals surface area contributed by atoms with Crippen molar-refractivity contribution in [2.24, 2.45) is 0 Å². The molecule has 1 fully saturated rings. The number of amides is 1. The molecule has 0 aromatic rings. The minimum Gasteiger partial charge on any atom is -0.460 e. The molecule has 25 heavy (non-hydrogen) atoms. The molecule has 1 amide bonds. The van der Waals surface area contributed by atoms with Crippen molar-refractivity contribution in [2.75, 3.05) is 0 Å². The van der Waals surface area contributed by atoms with Crippen LogP contribution in [0.1, 0.15) is 74.7 Å². The summed E-state index contributed by atoms with van der Waals surface area (Å²) in [6, 6.07) is -0.0802. The minimum atomic E-state index is -0.524. The molecule has 0 heterocycles. The fourth-order valence-electron chi connectivity index (χ4n) is 2.93. The molecule has 0 radical (unpaired) electrons. The van der Waals surface area contributed by atoms with Crippen LogP contribution in [0.3, 0.4) is 0 Å². The third-order valence-electron chi connectivity index (χ3n) is 3.75. The first kappa shape index (κ1) is 21.3. The molecular weight excluding hydrogens is 318 g/mol. The van der Waals surface area contributed by atoms with E-state index in [4.69, 9.17) is 9.47 Å². The highest BCUT2D eigenvalue weighted by atomic mass is 16.6. The first-order valence-corrected chi connectivity index (χ1v) is 8.89. The van der Waals surface area contributed by atoms with Crippen molar-refractivity contribution < 1.29 is 19.1 Å². The van der Waals surface area contributed by atoms with Gasteiger partial charge in [-0.3, -0.25) is 4.79 Å². The average molecular weight is 351 g/mol. The van der Waals surface area contributed by atoms with E-state index in [1.807, 2.05) is 61.5 Å². The molecule has 0 aromatic heterocycles. The zero-order valence-electron chi connectivity index (χ0n) is 16.9. The number of carbonyl (C=O) groups is 2. The summed E-state index contributed by atoms with van der Waals surface area (Å²) < 4.78 is 10.7. The first-order chi connectivity index (χ1) is 11.3. The van der Waals surface area contributed by atoms with Crippen LogP contribution >= 0.6 is 0 Å². The molecule has 0 aliphatic heterocycles. The van der Waals surface area contributed by atoms with Gasteiger partial charge in [-0.05, 0) is 79.4 Å². The zero-order chi connectivity index (χ0) is 19.4. The monoisotopic (exact) mass is 351 g/mol. The van der Waals surface area contributed by atoms with Crippen LogP contribution in [0, 0.1) is 0 Å². The van der Waals surface area contributed by atoms with Crippen LogP contribution in [-0.2, 0) is 14.3 Å². The lowest BCUT2D eigenvalue weighted by molar-refractivity contribution is -0.153. The molecule has 1 atom stereocenters. The summed E-state index contributed by atoms with van der Waals surface area (Å²) in [6.07, 6.45) is 3.49. The van der Waals surface area contributed by atoms with E-state index in [0.717, 1.165) is 29.6 Å². The summed E-state index contributed by atoms with van der Waals surface area (Å²) in [7, 11) is 0. The molecular formula is C20H33NO4. The maximum atomic E-state index is 12.1. The summed E-state index contributed by atoms with van der Waals surface area (Å²) in [5.74, 6) is -0.225. The number of hydrogen-bond donors (Lipinski definition) is 1. The Kier molecular flexibility index (Phi) is 6.86. The molecule has 1 rings (SSSR count). The van der Waals surface area contributed by atoms with E-state index >= 15 is 0 Å². The summed E-state index contributed by atoms with van der Waals surface area (Å²) in [5.41, 5.74) is 2.18. The second-order valence-electron chi connectivity index (χ2n) is 8.50. The van der Waals surface area contributed by atoms with Crippen LogP contribution in [0.5, 0.6) is 0 Å². The van der Waals surface area contributed by atoms with Gasteiger partial charge >= 0.3 is 12.1 Å². The number of carbonyl (C=O) groups excluding carboxylic acids is 2. The third-order valence-corrected chi connectivity index (χ3v) is 3.75. The Morgan fingerprint density at radius 1 is 1.12 bits per heavy atom. The highest BCUT2D eigenvalue weighted by Crippen LogP contribution is 2.34. The van der Waals surface area contributed by atoms with Gasteiger partial charge < -0.3 is 14.8 Å². The molecule has 0 bridgehead atoms. The summed E-state index contributed by atoms with van der Waals surface area (Å²) in [4.78, 5) is 24.1. The molecule has 5 heteroatoms. The Bertz CT molecular complexity index is 573. The Balaban J connectivity index is 2.80. The predicted octanol–water partition coefficient (Wildman–Crippen LogP) is 4.67. The van der Waals surface area contributed by atoms with Gasteiger partial charge in [0, 0.05) is 0 Å². The number of nitrogens with one attached hydrogen (secondary N) is 1. The van der Waals surface area contributed by atoms with Gasteiger partial charge in [-0.15, -0.1) is 0 Å². The normalized spacial score (nSPS) is 21.9. The van der Waals surface area contributed by atoms with Gasteiger partial charge in [0.05, 0.1) is 12.5 Å². The summed E-state index contributed by atoms with van der Waals surface area (Å²) >= 11 is 0. The van der Waals surface area contributed by atoms with Gasteiger partial charge in [0.1, 0.15) is 11.2 Å². The molecule has 1 aliphatic rings. The van der Waals surface area contributed by atoms with Crippen molar-refractivity contribution >= 4 is 12.1 Å². The maximum absolute atomic E-state index is 12.1. The van der Waals surface area contributed by atoms with Crippen LogP contribution in [0.25, 0.3) is 0 Å². The SMILES string of the molecule is C/C=C1\C(=C(\C)CC(=O)OC(C)(C)C)CC[C@@H]1NC(=O)OC(C)(C)C. The lowest BCUT2D eigenvalue weighted by Gasteiger charge is -2.22. The van der Waals surface area contributed by atoms with E-state index in [2.05, 4.69) is 5.32 Å². The van der Waals surface area contributed by atoms with Gasteiger partial charge in [0.2, 0.25) is 0 Å². The second-order valence-corrected chi connectivity index (χ2v) is 8.50. The average Bonchev–Trinajstić information content (AvgIpc) is 2.76. The summed E-state index contributed by atoms with van der Waals surface area (Å²) in [5, 5.41) is 2.93. The van der Waals surface area contributed by atoms with Gasteiger partial charge in [-0.25, -0.2) is 4.79 Å². The topological polar surface area (TPSA) is 64.6 Å². The Morgan fingerprint density at radius 3 is 2.16 bits per heavy atom. The quantitative estimate of drug-likeness (QED) is 0.751. The lowest BCUT2D eigenvalue weighted by Crippen LogP contribution is -2.38. The van der Waals surface area contributed by atoms with Crippen LogP contribution in [0.4, 0.5) is 4.79 Å². The van der Waals surface area contributed by atoms with Crippen molar-refractivity contribution in [1.82, 2.24) is 5.32 Å². The molecule has 1 N–H and O–H groups in total. The zero-order valence-corrected chi connectivity index (χ0v) is 16.9. The second kappa shape index (κ2) is 8.07. The number of alkyl carbamates (subject to hydrolysis) is 1. The van der Waals surface area contributed by atoms with Crippen molar-refractivity contribution in [1.29, 1.82) is 0 Å². The lowest BCUT2D eigenvalue weighted by atomic mass is 10.00. The van der Waals surface area contributed by atoms with E-state index < -0.39 is 17.3 Å². The number of ether oxygens (including phenoxy) is 2. The van der Waals surface area contributed by atoms with E-state index in [0.29, 0.717) is 0 Å². The van der Waals surface area contributed by atoms with Crippen molar-refractivity contribution in [3.63, 3.8) is 0 Å². The molecule has 142 valence electrons. The van der Waals surface area contributed by atoms with Crippen molar-refractivity contribution in [3.05, 3.63) is 22.8 Å². The van der Waals surface area contributed by atoms with Crippen LogP contribution in [-0.4, -0.2) is 29.3 Å². The Morgan fingerprint density at radius 2 is 1.68 bits per heavy atom. The standard InChI is InChI=1S/C20H33NO4/c1-9-14-15(13(2)12-17(22)24-19(3,4)5)10-11-16(14)21-18(23)25-20(6,7)8/h9,16H,10-12H2,1-8H3,(H,21,23)/b14-9+,15-13-/t16-/m0/s1. The van der Waals surface area contributed by atoms with Crippen molar-refractivity contribution in [2.45, 2.75) is 91.9 Å². The number of rotatable bonds is 3. The first-order valence-electron chi connectivity index (χ1n) is 8.89. The van der Waals surface area contributed by atoms with E-state index in [1.54, 1.807) is 0 Å². The fraction of sp³-hybridized carbons (Fsp3) is 0.700. The fourth-order valence-corrected chi connectivity index (χ4v) is 2.93. The maximum Gasteiger partial charge on any atom is 0.408 e. The van der Waals surface area contributed by atoms with Gasteiger partial charge in [-0.2, -0.15) is 0 Å². The molecule has 0 aromatic carbocycles. The minimum absolute atomic E-state index is 0.0802. The molecule has 0 spiro atoms. The number of allylic oxidation sites excluding steroid dienone is 1. The summed E-state index contributed by atoms with van der Waals surface area (Å²) in [6.45, 7) is 15.0. The van der Waals surface area contributed by atoms with Gasteiger partial charge in [-0.1, -0.05) is 11.6 Å². The highest BCUT2D eigenvalue weighted by Gasteiger charge is 2.30. The van der Waals surface area contributed by atoms with E-state index in [-0.39, 0.29) is 18.4 Å². The van der Waals surface area contributed by atoms with Crippen LogP contribution < -0.4 is 5.32 Å². The number of esters is 1. The Hall–Kier alpha value is -1.78. The largest absolute Gasteiger partial charge is 0.460 e. The smallest absolute Gasteiger partial charge is 0.408 e. The van der Waals surface area contributed by atoms with Gasteiger partial charge in [0.25, 0.3) is 0 Å². The van der Waals surface area contributed by atoms with Crippen LogP contribution in [0.2, 0.25) is 0 Å². The highest BCUT2D eigenvalue weighted by molar-refractivity contribution is 5.74. The molecule has 5 nitrogen and oxygen atoms in total. The third kappa shape index (κ3) is 7.32. The molecule has 1 aliphatic carbocycles. The molecule has 0 unspecified atom stereocenters. The number of hydrogen-bond acceptors (Lipinski definition) is 4. The molecule has 0 saturated heterocycles.